The Morgan fingerprint density at radius 2 is 1.91 bits per heavy atom. The van der Waals surface area contributed by atoms with Gasteiger partial charge >= 0.3 is 6.18 Å². The van der Waals surface area contributed by atoms with Crippen LogP contribution in [0.25, 0.3) is 5.69 Å². The summed E-state index contributed by atoms with van der Waals surface area (Å²) in [5.74, 6) is 0.841. The predicted octanol–water partition coefficient (Wildman–Crippen LogP) is 3.88. The molecule has 3 aromatic rings. The lowest BCUT2D eigenvalue weighted by molar-refractivity contribution is -0.142. The lowest BCUT2D eigenvalue weighted by Crippen LogP contribution is -2.28. The van der Waals surface area contributed by atoms with Gasteiger partial charge in [-0.05, 0) is 43.8 Å². The molecule has 7 nitrogen and oxygen atoms in total. The lowest BCUT2D eigenvalue weighted by Gasteiger charge is -2.24. The van der Waals surface area contributed by atoms with Gasteiger partial charge in [-0.1, -0.05) is 6.07 Å². The smallest absolute Gasteiger partial charge is 0.435 e. The van der Waals surface area contributed by atoms with E-state index < -0.39 is 11.9 Å². The number of alkyl halides is 3. The lowest BCUT2D eigenvalue weighted by atomic mass is 10.0. The first kappa shape index (κ1) is 21.3. The summed E-state index contributed by atoms with van der Waals surface area (Å²) in [5.41, 5.74) is 1.18. The van der Waals surface area contributed by atoms with E-state index in [-0.39, 0.29) is 24.7 Å². The van der Waals surface area contributed by atoms with Crippen LogP contribution in [0.1, 0.15) is 27.3 Å². The molecule has 0 fully saturated rings. The van der Waals surface area contributed by atoms with Gasteiger partial charge in [-0.25, -0.2) is 4.68 Å². The first-order valence-corrected chi connectivity index (χ1v) is 10.4. The minimum absolute atomic E-state index is 0.127. The van der Waals surface area contributed by atoms with Crippen LogP contribution >= 0.6 is 0 Å². The number of fused-ring (bicyclic) bond motifs is 2. The number of aromatic nitrogens is 2. The highest BCUT2D eigenvalue weighted by Crippen LogP contribution is 2.37. The van der Waals surface area contributed by atoms with Gasteiger partial charge in [0.05, 0.1) is 11.4 Å². The number of nitrogens with zero attached hydrogens (tertiary/aromatic N) is 4. The normalized spacial score (nSPS) is 15.4. The van der Waals surface area contributed by atoms with Gasteiger partial charge < -0.3 is 19.3 Å². The molecule has 0 unspecified atom stereocenters. The minimum Gasteiger partial charge on any atom is -0.454 e. The number of amides is 1. The standard InChI is InChI=1S/C23H21F3N4O3/c1-28-9-8-17-18(12-28)30(27-21(17)23(24,25)26)16-5-3-4-14(10-16)22(31)29(2)15-6-7-19-20(11-15)33-13-32-19/h3-7,10-11H,8-9,12-13H2,1-2H3. The topological polar surface area (TPSA) is 59.8 Å². The fourth-order valence-corrected chi connectivity index (χ4v) is 4.16. The molecule has 3 heterocycles. The van der Waals surface area contributed by atoms with E-state index in [0.717, 1.165) is 0 Å². The summed E-state index contributed by atoms with van der Waals surface area (Å²) in [7, 11) is 3.48. The first-order chi connectivity index (χ1) is 15.7. The van der Waals surface area contributed by atoms with E-state index in [2.05, 4.69) is 5.10 Å². The third-order valence-electron chi connectivity index (χ3n) is 5.91. The Labute approximate surface area is 187 Å². The van der Waals surface area contributed by atoms with Crippen LogP contribution in [-0.4, -0.2) is 48.0 Å². The van der Waals surface area contributed by atoms with E-state index in [4.69, 9.17) is 9.47 Å². The number of ether oxygens (including phenoxy) is 2. The van der Waals surface area contributed by atoms with E-state index in [1.54, 1.807) is 49.5 Å². The number of anilines is 1. The Bertz CT molecular complexity index is 1240. The fourth-order valence-electron chi connectivity index (χ4n) is 4.16. The molecular weight excluding hydrogens is 437 g/mol. The number of rotatable bonds is 3. The molecule has 1 aromatic heterocycles. The van der Waals surface area contributed by atoms with Crippen LogP contribution in [0.5, 0.6) is 11.5 Å². The van der Waals surface area contributed by atoms with E-state index in [1.165, 1.54) is 9.58 Å². The quantitative estimate of drug-likeness (QED) is 0.596. The molecule has 5 rings (SSSR count). The second-order valence-corrected chi connectivity index (χ2v) is 8.12. The van der Waals surface area contributed by atoms with Crippen molar-refractivity contribution in [2.75, 3.05) is 32.3 Å². The summed E-state index contributed by atoms with van der Waals surface area (Å²) in [5, 5.41) is 3.92. The minimum atomic E-state index is -4.54. The highest BCUT2D eigenvalue weighted by atomic mass is 19.4. The average molecular weight is 458 g/mol. The van der Waals surface area contributed by atoms with E-state index in [0.29, 0.717) is 47.2 Å². The Kier molecular flexibility index (Phi) is 5.04. The Morgan fingerprint density at radius 1 is 1.12 bits per heavy atom. The number of hydrogen-bond acceptors (Lipinski definition) is 5. The molecule has 0 aliphatic carbocycles. The molecule has 10 heteroatoms. The van der Waals surface area contributed by atoms with Crippen molar-refractivity contribution in [2.24, 2.45) is 0 Å². The third kappa shape index (κ3) is 3.80. The van der Waals surface area contributed by atoms with Crippen molar-refractivity contribution in [1.29, 1.82) is 0 Å². The molecular formula is C23H21F3N4O3. The van der Waals surface area contributed by atoms with Gasteiger partial charge in [0.1, 0.15) is 0 Å². The number of benzene rings is 2. The largest absolute Gasteiger partial charge is 0.454 e. The molecule has 33 heavy (non-hydrogen) atoms. The Balaban J connectivity index is 1.50. The van der Waals surface area contributed by atoms with Crippen molar-refractivity contribution in [2.45, 2.75) is 19.1 Å². The molecule has 0 saturated carbocycles. The summed E-state index contributed by atoms with van der Waals surface area (Å²) in [6.45, 7) is 0.996. The van der Waals surface area contributed by atoms with Gasteiger partial charge in [-0.15, -0.1) is 0 Å². The molecule has 0 saturated heterocycles. The number of hydrogen-bond donors (Lipinski definition) is 0. The summed E-state index contributed by atoms with van der Waals surface area (Å²) in [6, 6.07) is 11.7. The molecule has 1 amide bonds. The average Bonchev–Trinajstić information content (AvgIpc) is 3.41. The molecule has 0 N–H and O–H groups in total. The van der Waals surface area contributed by atoms with E-state index in [1.807, 2.05) is 11.9 Å². The summed E-state index contributed by atoms with van der Waals surface area (Å²) < 4.78 is 52.9. The van der Waals surface area contributed by atoms with E-state index in [9.17, 15) is 18.0 Å². The molecule has 2 aliphatic rings. The maximum atomic E-state index is 13.6. The summed E-state index contributed by atoms with van der Waals surface area (Å²) >= 11 is 0. The molecule has 0 radical (unpaired) electrons. The molecule has 0 bridgehead atoms. The van der Waals surface area contributed by atoms with Crippen molar-refractivity contribution < 1.29 is 27.4 Å². The van der Waals surface area contributed by atoms with Crippen LogP contribution in [-0.2, 0) is 19.1 Å². The summed E-state index contributed by atoms with van der Waals surface area (Å²) in [4.78, 5) is 16.6. The van der Waals surface area contributed by atoms with Crippen LogP contribution in [0, 0.1) is 0 Å². The summed E-state index contributed by atoms with van der Waals surface area (Å²) in [6.07, 6.45) is -4.27. The molecule has 0 atom stereocenters. The molecule has 2 aromatic carbocycles. The molecule has 172 valence electrons. The van der Waals surface area contributed by atoms with Crippen LogP contribution in [0.4, 0.5) is 18.9 Å². The SMILES string of the molecule is CN1CCc2c(C(F)(F)F)nn(-c3cccc(C(=O)N(C)c4ccc5c(c4)OCO5)c3)c2C1. The number of carbonyl (C=O) groups is 1. The van der Waals surface area contributed by atoms with Crippen LogP contribution in [0.15, 0.2) is 42.5 Å². The zero-order valence-corrected chi connectivity index (χ0v) is 18.0. The van der Waals surface area contributed by atoms with Crippen molar-refractivity contribution in [3.8, 4) is 17.2 Å². The Morgan fingerprint density at radius 3 is 2.70 bits per heavy atom. The number of halogens is 3. The van der Waals surface area contributed by atoms with Crippen molar-refractivity contribution in [3.05, 3.63) is 65.0 Å². The van der Waals surface area contributed by atoms with Gasteiger partial charge in [-0.3, -0.25) is 4.79 Å². The maximum Gasteiger partial charge on any atom is 0.435 e. The van der Waals surface area contributed by atoms with Gasteiger partial charge in [0.2, 0.25) is 6.79 Å². The molecule has 0 spiro atoms. The zero-order chi connectivity index (χ0) is 23.3. The highest BCUT2D eigenvalue weighted by Gasteiger charge is 2.40. The van der Waals surface area contributed by atoms with Crippen LogP contribution in [0.2, 0.25) is 0 Å². The monoisotopic (exact) mass is 458 g/mol. The second kappa shape index (κ2) is 7.80. The maximum absolute atomic E-state index is 13.6. The van der Waals surface area contributed by atoms with E-state index >= 15 is 0 Å². The van der Waals surface area contributed by atoms with Crippen molar-refractivity contribution in [3.63, 3.8) is 0 Å². The fraction of sp³-hybridized carbons (Fsp3) is 0.304. The number of carbonyl (C=O) groups excluding carboxylic acids is 1. The van der Waals surface area contributed by atoms with Crippen molar-refractivity contribution in [1.82, 2.24) is 14.7 Å². The van der Waals surface area contributed by atoms with Crippen LogP contribution < -0.4 is 14.4 Å². The molecule has 2 aliphatic heterocycles. The van der Waals surface area contributed by atoms with Gasteiger partial charge in [0, 0.05) is 43.0 Å². The first-order valence-electron chi connectivity index (χ1n) is 10.4. The predicted molar refractivity (Wildman–Crippen MR) is 114 cm³/mol. The Hall–Kier alpha value is -3.53. The highest BCUT2D eigenvalue weighted by molar-refractivity contribution is 6.06. The van der Waals surface area contributed by atoms with Crippen LogP contribution in [0.3, 0.4) is 0 Å². The second-order valence-electron chi connectivity index (χ2n) is 8.12. The van der Waals surface area contributed by atoms with Gasteiger partial charge in [0.15, 0.2) is 17.2 Å². The van der Waals surface area contributed by atoms with Crippen molar-refractivity contribution >= 4 is 11.6 Å². The number of likely N-dealkylation sites (N-methyl/N-ethyl adjacent to an activating group) is 1. The zero-order valence-electron chi connectivity index (χ0n) is 18.0. The third-order valence-corrected chi connectivity index (χ3v) is 5.91. The van der Waals surface area contributed by atoms with Gasteiger partial charge in [0.25, 0.3) is 5.91 Å². The van der Waals surface area contributed by atoms with Gasteiger partial charge in [-0.2, -0.15) is 18.3 Å².